The number of benzene rings is 1. The summed E-state index contributed by atoms with van der Waals surface area (Å²) >= 11 is 0. The fourth-order valence-electron chi connectivity index (χ4n) is 2.58. The van der Waals surface area contributed by atoms with Crippen LogP contribution in [0.15, 0.2) is 30.3 Å². The summed E-state index contributed by atoms with van der Waals surface area (Å²) in [5.41, 5.74) is 0.694. The molecule has 2 aliphatic heterocycles. The Kier molecular flexibility index (Phi) is 3.98. The van der Waals surface area contributed by atoms with Gasteiger partial charge >= 0.3 is 0 Å². The topological polar surface area (TPSA) is 97.6 Å². The Balaban J connectivity index is 1.83. The van der Waals surface area contributed by atoms with E-state index in [0.29, 0.717) is 5.56 Å². The highest BCUT2D eigenvalue weighted by atomic mass is 16.8. The Labute approximate surface area is 121 Å². The number of methoxy groups -OCH3 is 1. The molecule has 3 rings (SSSR count). The van der Waals surface area contributed by atoms with Gasteiger partial charge in [-0.3, -0.25) is 0 Å². The van der Waals surface area contributed by atoms with Crippen LogP contribution in [0.4, 0.5) is 0 Å². The van der Waals surface area contributed by atoms with Crippen LogP contribution in [0.1, 0.15) is 11.9 Å². The molecule has 1 aromatic carbocycles. The van der Waals surface area contributed by atoms with Crippen molar-refractivity contribution < 1.29 is 34.3 Å². The monoisotopic (exact) mass is 298 g/mol. The van der Waals surface area contributed by atoms with Crippen molar-refractivity contribution in [2.75, 3.05) is 13.7 Å². The van der Waals surface area contributed by atoms with E-state index >= 15 is 0 Å². The molecule has 2 fully saturated rings. The Morgan fingerprint density at radius 2 is 1.95 bits per heavy atom. The fourth-order valence-corrected chi connectivity index (χ4v) is 2.58. The van der Waals surface area contributed by atoms with Crippen molar-refractivity contribution in [3.63, 3.8) is 0 Å². The summed E-state index contributed by atoms with van der Waals surface area (Å²) in [7, 11) is 1.34. The molecule has 0 radical (unpaired) electrons. The van der Waals surface area contributed by atoms with Crippen LogP contribution >= 0.6 is 0 Å². The zero-order valence-corrected chi connectivity index (χ0v) is 11.5. The largest absolute Gasteiger partial charge is 0.385 e. The number of ether oxygens (including phenoxy) is 4. The molecule has 2 saturated heterocycles. The van der Waals surface area contributed by atoms with Crippen molar-refractivity contribution in [2.45, 2.75) is 36.7 Å². The average molecular weight is 298 g/mol. The standard InChI is InChI=1S/C14H18O7/c1-18-13-10(15)11(16)14(17)9(20-13)7-19-12(21-14)8-5-3-2-4-6-8/h2-6,9-13,15-17H,7H2,1H3/t9-,10-,11-,12+,13-,14+/m1/s1. The SMILES string of the molecule is CO[C@@H]1O[C@@H]2CO[C@H](c3ccccc3)O[C@]2(O)[C@H](O)[C@H]1O. The number of hydrogen-bond acceptors (Lipinski definition) is 7. The van der Waals surface area contributed by atoms with E-state index in [-0.39, 0.29) is 6.61 Å². The van der Waals surface area contributed by atoms with Crippen LogP contribution in [0.3, 0.4) is 0 Å². The number of hydrogen-bond donors (Lipinski definition) is 3. The van der Waals surface area contributed by atoms with Gasteiger partial charge in [0.2, 0.25) is 5.79 Å². The van der Waals surface area contributed by atoms with Crippen molar-refractivity contribution in [1.82, 2.24) is 0 Å². The summed E-state index contributed by atoms with van der Waals surface area (Å²) < 4.78 is 21.3. The van der Waals surface area contributed by atoms with Crippen LogP contribution in [0.25, 0.3) is 0 Å². The van der Waals surface area contributed by atoms with Crippen LogP contribution in [0.5, 0.6) is 0 Å². The van der Waals surface area contributed by atoms with Gasteiger partial charge in [0.05, 0.1) is 6.61 Å². The van der Waals surface area contributed by atoms with E-state index in [1.807, 2.05) is 18.2 Å². The molecular weight excluding hydrogens is 280 g/mol. The molecule has 0 aromatic heterocycles. The molecule has 0 amide bonds. The maximum atomic E-state index is 10.6. The van der Waals surface area contributed by atoms with Crippen LogP contribution in [-0.4, -0.2) is 59.4 Å². The van der Waals surface area contributed by atoms with Gasteiger partial charge in [0.1, 0.15) is 18.3 Å². The Hall–Kier alpha value is -1.06. The number of fused-ring (bicyclic) bond motifs is 1. The predicted octanol–water partition coefficient (Wildman–Crippen LogP) is -0.486. The van der Waals surface area contributed by atoms with E-state index in [0.717, 1.165) is 0 Å². The summed E-state index contributed by atoms with van der Waals surface area (Å²) in [5.74, 6) is -2.06. The van der Waals surface area contributed by atoms with E-state index in [1.54, 1.807) is 12.1 Å². The summed E-state index contributed by atoms with van der Waals surface area (Å²) in [6.45, 7) is -0.000297. The second kappa shape index (κ2) is 5.62. The summed E-state index contributed by atoms with van der Waals surface area (Å²) in [4.78, 5) is 0. The third kappa shape index (κ3) is 2.47. The molecule has 116 valence electrons. The summed E-state index contributed by atoms with van der Waals surface area (Å²) in [6.07, 6.45) is -5.86. The minimum atomic E-state index is -2.06. The Bertz CT molecular complexity index is 477. The van der Waals surface area contributed by atoms with Gasteiger partial charge < -0.3 is 34.3 Å². The van der Waals surface area contributed by atoms with Crippen molar-refractivity contribution in [1.29, 1.82) is 0 Å². The first-order valence-corrected chi connectivity index (χ1v) is 6.67. The fraction of sp³-hybridized carbons (Fsp3) is 0.571. The van der Waals surface area contributed by atoms with Crippen LogP contribution in [-0.2, 0) is 18.9 Å². The van der Waals surface area contributed by atoms with Gasteiger partial charge in [-0.05, 0) is 0 Å². The molecule has 0 spiro atoms. The molecule has 2 heterocycles. The lowest BCUT2D eigenvalue weighted by atomic mass is 9.94. The van der Waals surface area contributed by atoms with Gasteiger partial charge in [-0.2, -0.15) is 0 Å². The van der Waals surface area contributed by atoms with Gasteiger partial charge in [-0.15, -0.1) is 0 Å². The number of rotatable bonds is 2. The minimum Gasteiger partial charge on any atom is -0.385 e. The van der Waals surface area contributed by atoms with Crippen molar-refractivity contribution in [2.24, 2.45) is 0 Å². The van der Waals surface area contributed by atoms with E-state index in [9.17, 15) is 15.3 Å². The molecule has 7 nitrogen and oxygen atoms in total. The van der Waals surface area contributed by atoms with E-state index in [1.165, 1.54) is 7.11 Å². The second-order valence-corrected chi connectivity index (χ2v) is 5.11. The normalized spacial score (nSPS) is 43.3. The molecule has 21 heavy (non-hydrogen) atoms. The summed E-state index contributed by atoms with van der Waals surface area (Å²) in [5, 5.41) is 30.7. The molecule has 2 aliphatic rings. The molecule has 0 saturated carbocycles. The minimum absolute atomic E-state index is 0.000297. The maximum Gasteiger partial charge on any atom is 0.227 e. The molecule has 6 atom stereocenters. The van der Waals surface area contributed by atoms with Gasteiger partial charge in [0, 0.05) is 12.7 Å². The molecule has 7 heteroatoms. The molecule has 0 bridgehead atoms. The molecule has 3 N–H and O–H groups in total. The van der Waals surface area contributed by atoms with Gasteiger partial charge in [0.25, 0.3) is 0 Å². The van der Waals surface area contributed by atoms with Crippen molar-refractivity contribution in [3.05, 3.63) is 35.9 Å². The van der Waals surface area contributed by atoms with Crippen molar-refractivity contribution >= 4 is 0 Å². The Morgan fingerprint density at radius 1 is 1.24 bits per heavy atom. The highest BCUT2D eigenvalue weighted by Gasteiger charge is 2.59. The first-order chi connectivity index (χ1) is 10.1. The lowest BCUT2D eigenvalue weighted by molar-refractivity contribution is -0.452. The highest BCUT2D eigenvalue weighted by molar-refractivity contribution is 5.17. The maximum absolute atomic E-state index is 10.6. The first kappa shape index (κ1) is 14.9. The van der Waals surface area contributed by atoms with E-state index in [4.69, 9.17) is 18.9 Å². The number of aliphatic hydroxyl groups is 3. The van der Waals surface area contributed by atoms with Gasteiger partial charge in [0.15, 0.2) is 12.6 Å². The lowest BCUT2D eigenvalue weighted by Crippen LogP contribution is -2.70. The predicted molar refractivity (Wildman–Crippen MR) is 68.9 cm³/mol. The van der Waals surface area contributed by atoms with Crippen LogP contribution in [0, 0.1) is 0 Å². The molecule has 1 aromatic rings. The lowest BCUT2D eigenvalue weighted by Gasteiger charge is -2.50. The average Bonchev–Trinajstić information content (AvgIpc) is 2.52. The number of aliphatic hydroxyl groups excluding tert-OH is 2. The Morgan fingerprint density at radius 3 is 2.62 bits per heavy atom. The van der Waals surface area contributed by atoms with E-state index < -0.39 is 36.7 Å². The summed E-state index contributed by atoms with van der Waals surface area (Å²) in [6, 6.07) is 9.01. The molecule has 0 unspecified atom stereocenters. The zero-order chi connectivity index (χ0) is 15.0. The zero-order valence-electron chi connectivity index (χ0n) is 11.5. The first-order valence-electron chi connectivity index (χ1n) is 6.67. The molecule has 0 aliphatic carbocycles. The molecular formula is C14H18O7. The second-order valence-electron chi connectivity index (χ2n) is 5.11. The van der Waals surface area contributed by atoms with E-state index in [2.05, 4.69) is 0 Å². The van der Waals surface area contributed by atoms with Crippen molar-refractivity contribution in [3.8, 4) is 0 Å². The quantitative estimate of drug-likeness (QED) is 0.678. The third-order valence-electron chi connectivity index (χ3n) is 3.78. The van der Waals surface area contributed by atoms with Crippen LogP contribution in [0.2, 0.25) is 0 Å². The third-order valence-corrected chi connectivity index (χ3v) is 3.78. The van der Waals surface area contributed by atoms with Gasteiger partial charge in [-0.1, -0.05) is 30.3 Å². The highest BCUT2D eigenvalue weighted by Crippen LogP contribution is 2.39. The smallest absolute Gasteiger partial charge is 0.227 e. The van der Waals surface area contributed by atoms with Gasteiger partial charge in [-0.25, -0.2) is 0 Å². The van der Waals surface area contributed by atoms with Crippen LogP contribution < -0.4 is 0 Å².